The van der Waals surface area contributed by atoms with Crippen molar-refractivity contribution in [1.29, 1.82) is 0 Å². The summed E-state index contributed by atoms with van der Waals surface area (Å²) in [7, 11) is 0. The standard InChI is InChI=1S/C54H35N3.C48H30N2S/c1-3-14-36(15-4-1)37-16-13-19-41(32-37)56-50-24-11-7-20-43(50)46-33-38(26-29-52(46)56)39-27-30-53-47(34-39)44-21-8-12-25-51(44)57(53)42-28-31-54-48(35-42)45-22-9-10-23-49(45)55(54)40-17-5-2-6-18-40;1-2-11-31(12-3-1)32-13-10-14-35(27-32)49-43-18-7-4-15-37(43)41-28-33(21-25-45(41)49)34-22-26-46-42(29-34)38-16-5-8-19-44(38)50(46)36-23-24-40-39-17-6-9-20-47(39)51-48(40)30-36/h1-35H;1-30H. The highest BCUT2D eigenvalue weighted by molar-refractivity contribution is 7.25. The van der Waals surface area contributed by atoms with Crippen molar-refractivity contribution in [2.45, 2.75) is 0 Å². The van der Waals surface area contributed by atoms with Gasteiger partial charge in [0.1, 0.15) is 0 Å². The van der Waals surface area contributed by atoms with Crippen LogP contribution in [0.3, 0.4) is 0 Å². The first-order valence-electron chi connectivity index (χ1n) is 37.0. The molecule has 0 unspecified atom stereocenters. The summed E-state index contributed by atoms with van der Waals surface area (Å²) in [6, 6.07) is 144. The van der Waals surface area contributed by atoms with E-state index >= 15 is 0 Å². The summed E-state index contributed by atoms with van der Waals surface area (Å²) in [4.78, 5) is 0. The first-order valence-corrected chi connectivity index (χ1v) is 37.8. The van der Waals surface area contributed by atoms with Gasteiger partial charge in [-0.05, 0) is 196 Å². The molecule has 0 amide bonds. The minimum atomic E-state index is 1.16. The molecule has 6 heterocycles. The molecule has 0 fully saturated rings. The van der Waals surface area contributed by atoms with Crippen LogP contribution in [0.15, 0.2) is 394 Å². The molecule has 0 bridgehead atoms. The van der Waals surface area contributed by atoms with E-state index in [2.05, 4.69) is 417 Å². The Morgan fingerprint density at radius 2 is 0.389 bits per heavy atom. The highest BCUT2D eigenvalue weighted by Gasteiger charge is 2.22. The fraction of sp³-hybridized carbons (Fsp3) is 0. The van der Waals surface area contributed by atoms with E-state index in [-0.39, 0.29) is 0 Å². The SMILES string of the molecule is c1ccc(-c2cccc(-n3c4ccccc4c4cc(-c5ccc6c(c5)c5ccccc5n6-c5ccc6c(c5)c5ccccc5n6-c5ccccc5)ccc43)c2)cc1.c1ccc(-c2cccc(-n3c4ccccc4c4cc(-c5ccc6c(c5)c5ccccc5n6-c5ccc6c(c5)sc5ccccc56)ccc43)c2)cc1. The molecular formula is C102H65N5S. The molecule has 0 radical (unpaired) electrons. The van der Waals surface area contributed by atoms with E-state index < -0.39 is 0 Å². The average molecular weight is 1390 g/mol. The van der Waals surface area contributed by atoms with E-state index in [0.29, 0.717) is 0 Å². The third kappa shape index (κ3) is 9.85. The van der Waals surface area contributed by atoms with Crippen molar-refractivity contribution in [3.8, 4) is 72.9 Å². The van der Waals surface area contributed by atoms with Gasteiger partial charge in [-0.15, -0.1) is 11.3 Å². The Labute approximate surface area is 626 Å². The van der Waals surface area contributed by atoms with Crippen molar-refractivity contribution in [3.63, 3.8) is 0 Å². The summed E-state index contributed by atoms with van der Waals surface area (Å²) < 4.78 is 14.7. The molecule has 0 aliphatic rings. The summed E-state index contributed by atoms with van der Waals surface area (Å²) in [5.41, 5.74) is 27.6. The lowest BCUT2D eigenvalue weighted by atomic mass is 10.0. The van der Waals surface area contributed by atoms with E-state index in [4.69, 9.17) is 0 Å². The first kappa shape index (κ1) is 61.4. The molecule has 23 aromatic rings. The molecule has 6 aromatic heterocycles. The molecule has 0 spiro atoms. The topological polar surface area (TPSA) is 24.6 Å². The van der Waals surface area contributed by atoms with Crippen LogP contribution in [0.1, 0.15) is 0 Å². The second kappa shape index (κ2) is 24.8. The van der Waals surface area contributed by atoms with E-state index in [0.717, 1.165) is 11.4 Å². The van der Waals surface area contributed by atoms with Crippen molar-refractivity contribution in [2.24, 2.45) is 0 Å². The van der Waals surface area contributed by atoms with Crippen LogP contribution in [0.25, 0.3) is 202 Å². The Hall–Kier alpha value is -14.0. The third-order valence-electron chi connectivity index (χ3n) is 22.3. The Kier molecular flexibility index (Phi) is 14.1. The van der Waals surface area contributed by atoms with Crippen LogP contribution in [0.5, 0.6) is 0 Å². The van der Waals surface area contributed by atoms with Crippen LogP contribution in [0.2, 0.25) is 0 Å². The molecule has 6 heteroatoms. The van der Waals surface area contributed by atoms with Crippen LogP contribution in [0, 0.1) is 0 Å². The van der Waals surface area contributed by atoms with Crippen LogP contribution >= 0.6 is 11.3 Å². The number of aromatic nitrogens is 5. The molecule has 504 valence electrons. The summed E-state index contributed by atoms with van der Waals surface area (Å²) in [6.07, 6.45) is 0. The fourth-order valence-corrected chi connectivity index (χ4v) is 18.6. The van der Waals surface area contributed by atoms with Gasteiger partial charge in [-0.3, -0.25) is 0 Å². The number of fused-ring (bicyclic) bond motifs is 18. The first-order chi connectivity index (χ1) is 53.6. The Bertz CT molecular complexity index is 7550. The highest BCUT2D eigenvalue weighted by Crippen LogP contribution is 2.44. The molecule has 0 N–H and O–H groups in total. The maximum Gasteiger partial charge on any atom is 0.0542 e. The monoisotopic (exact) mass is 1390 g/mol. The lowest BCUT2D eigenvalue weighted by molar-refractivity contribution is 1.17. The van der Waals surface area contributed by atoms with Gasteiger partial charge in [-0.2, -0.15) is 0 Å². The van der Waals surface area contributed by atoms with Crippen LogP contribution in [-0.2, 0) is 0 Å². The molecule has 0 aliphatic carbocycles. The van der Waals surface area contributed by atoms with Gasteiger partial charge in [0.15, 0.2) is 0 Å². The molecule has 23 rings (SSSR count). The highest BCUT2D eigenvalue weighted by atomic mass is 32.1. The summed E-state index contributed by atoms with van der Waals surface area (Å²) >= 11 is 1.87. The number of thiophene rings is 1. The normalized spacial score (nSPS) is 11.9. The van der Waals surface area contributed by atoms with E-state index in [1.165, 1.54) is 191 Å². The van der Waals surface area contributed by atoms with Gasteiger partial charge in [0.05, 0.1) is 55.2 Å². The molecule has 0 aliphatic heterocycles. The number of benzene rings is 17. The number of rotatable bonds is 9. The van der Waals surface area contributed by atoms with Gasteiger partial charge in [0.2, 0.25) is 0 Å². The number of nitrogens with zero attached hydrogens (tertiary/aromatic N) is 5. The molecule has 108 heavy (non-hydrogen) atoms. The Balaban J connectivity index is 0.000000135. The predicted octanol–water partition coefficient (Wildman–Crippen LogP) is 27.9. The van der Waals surface area contributed by atoms with Crippen LogP contribution in [-0.4, -0.2) is 22.8 Å². The van der Waals surface area contributed by atoms with Gasteiger partial charge in [-0.1, -0.05) is 243 Å². The number of hydrogen-bond acceptors (Lipinski definition) is 1. The molecular weight excluding hydrogens is 1330 g/mol. The summed E-state index contributed by atoms with van der Waals surface area (Å²) in [5, 5.41) is 15.2. The smallest absolute Gasteiger partial charge is 0.0542 e. The van der Waals surface area contributed by atoms with Gasteiger partial charge < -0.3 is 22.8 Å². The van der Waals surface area contributed by atoms with Gasteiger partial charge in [0, 0.05) is 102 Å². The second-order valence-corrected chi connectivity index (χ2v) is 29.4. The maximum atomic E-state index is 2.43. The quantitative estimate of drug-likeness (QED) is 0.138. The zero-order valence-corrected chi connectivity index (χ0v) is 59.5. The number of para-hydroxylation sites is 6. The zero-order chi connectivity index (χ0) is 70.9. The van der Waals surface area contributed by atoms with Gasteiger partial charge >= 0.3 is 0 Å². The van der Waals surface area contributed by atoms with E-state index in [1.54, 1.807) is 0 Å². The van der Waals surface area contributed by atoms with Crippen molar-refractivity contribution in [2.75, 3.05) is 0 Å². The molecule has 0 saturated heterocycles. The van der Waals surface area contributed by atoms with Crippen molar-refractivity contribution < 1.29 is 0 Å². The molecule has 0 saturated carbocycles. The fourth-order valence-electron chi connectivity index (χ4n) is 17.4. The molecule has 17 aromatic carbocycles. The van der Waals surface area contributed by atoms with Gasteiger partial charge in [-0.25, -0.2) is 0 Å². The lowest BCUT2D eigenvalue weighted by Gasteiger charge is -2.11. The predicted molar refractivity (Wildman–Crippen MR) is 459 cm³/mol. The number of hydrogen-bond donors (Lipinski definition) is 0. The third-order valence-corrected chi connectivity index (χ3v) is 23.5. The summed E-state index contributed by atoms with van der Waals surface area (Å²) in [5.74, 6) is 0. The van der Waals surface area contributed by atoms with Crippen LogP contribution < -0.4 is 0 Å². The minimum Gasteiger partial charge on any atom is -0.309 e. The van der Waals surface area contributed by atoms with E-state index in [9.17, 15) is 0 Å². The van der Waals surface area contributed by atoms with Gasteiger partial charge in [0.25, 0.3) is 0 Å². The van der Waals surface area contributed by atoms with Crippen molar-refractivity contribution >= 4 is 141 Å². The second-order valence-electron chi connectivity index (χ2n) is 28.3. The Morgan fingerprint density at radius 1 is 0.130 bits per heavy atom. The van der Waals surface area contributed by atoms with E-state index in [1.807, 2.05) is 11.3 Å². The summed E-state index contributed by atoms with van der Waals surface area (Å²) in [6.45, 7) is 0. The Morgan fingerprint density at radius 3 is 0.796 bits per heavy atom. The minimum absolute atomic E-state index is 1.16. The molecule has 0 atom stereocenters. The van der Waals surface area contributed by atoms with Crippen LogP contribution in [0.4, 0.5) is 0 Å². The van der Waals surface area contributed by atoms with Crippen molar-refractivity contribution in [1.82, 2.24) is 22.8 Å². The average Bonchev–Trinajstić information content (AvgIpc) is 1.58. The maximum absolute atomic E-state index is 2.43. The largest absolute Gasteiger partial charge is 0.309 e. The van der Waals surface area contributed by atoms with Crippen molar-refractivity contribution in [3.05, 3.63) is 394 Å². The zero-order valence-electron chi connectivity index (χ0n) is 58.7. The lowest BCUT2D eigenvalue weighted by Crippen LogP contribution is -1.95. The molecule has 5 nitrogen and oxygen atoms in total.